The van der Waals surface area contributed by atoms with Crippen LogP contribution in [-0.2, 0) is 0 Å². The first kappa shape index (κ1) is 20.6. The van der Waals surface area contributed by atoms with E-state index in [1.165, 1.54) is 0 Å². The van der Waals surface area contributed by atoms with E-state index in [1.807, 2.05) is 54.6 Å². The van der Waals surface area contributed by atoms with Crippen LogP contribution in [0.3, 0.4) is 0 Å². The molecule has 3 N–H and O–H groups in total. The third kappa shape index (κ3) is 5.23. The van der Waals surface area contributed by atoms with Crippen molar-refractivity contribution in [3.8, 4) is 5.75 Å². The Morgan fingerprint density at radius 1 is 1.07 bits per heavy atom. The summed E-state index contributed by atoms with van der Waals surface area (Å²) < 4.78 is 10.5. The van der Waals surface area contributed by atoms with Crippen LogP contribution in [0.25, 0.3) is 11.3 Å². The molecule has 0 radical (unpaired) electrons. The van der Waals surface area contributed by atoms with Gasteiger partial charge in [0.15, 0.2) is 5.84 Å². The second kappa shape index (κ2) is 9.88. The molecule has 0 aliphatic carbocycles. The molecule has 0 bridgehead atoms. The Hall–Kier alpha value is -4.13. The summed E-state index contributed by atoms with van der Waals surface area (Å²) in [5, 5.41) is 15.1. The molecule has 0 fully saturated rings. The van der Waals surface area contributed by atoms with Gasteiger partial charge in [0.1, 0.15) is 11.5 Å². The highest BCUT2D eigenvalue weighted by Crippen LogP contribution is 2.21. The molecule has 7 nitrogen and oxygen atoms in total. The second-order valence-electron chi connectivity index (χ2n) is 6.33. The number of rotatable bonds is 9. The van der Waals surface area contributed by atoms with E-state index >= 15 is 0 Å². The Labute approximate surface area is 175 Å². The molecule has 3 aromatic rings. The van der Waals surface area contributed by atoms with Gasteiger partial charge in [0.25, 0.3) is 0 Å². The zero-order chi connectivity index (χ0) is 21.3. The topological polar surface area (TPSA) is 97.5 Å². The maximum absolute atomic E-state index is 6.12. The first-order chi connectivity index (χ1) is 14.6. The van der Waals surface area contributed by atoms with Gasteiger partial charge in [-0.1, -0.05) is 37.4 Å². The highest BCUT2D eigenvalue weighted by atomic mass is 16.5. The van der Waals surface area contributed by atoms with Gasteiger partial charge in [0, 0.05) is 11.3 Å². The molecule has 0 atom stereocenters. The monoisotopic (exact) mass is 401 g/mol. The molecule has 7 heteroatoms. The van der Waals surface area contributed by atoms with Crippen LogP contribution in [0.15, 0.2) is 99.9 Å². The van der Waals surface area contributed by atoms with Crippen molar-refractivity contribution in [1.29, 1.82) is 0 Å². The van der Waals surface area contributed by atoms with Gasteiger partial charge in [-0.3, -0.25) is 0 Å². The number of para-hydroxylation sites is 1. The third-order valence-corrected chi connectivity index (χ3v) is 4.28. The lowest BCUT2D eigenvalue weighted by atomic mass is 10.1. The standard InChI is InChI=1S/C23H23N5O2/c1-16(18-10-12-19(29-3)13-11-18)15-25-28-27-23(24)20-7-4-5-8-21(20)26-17(2)22-9-6-14-30-22/h4-14,26H,1-2,15H2,3H3,(H2,24,25,27). The molecule has 1 heterocycles. The van der Waals surface area contributed by atoms with E-state index in [1.54, 1.807) is 19.4 Å². The fourth-order valence-corrected chi connectivity index (χ4v) is 2.66. The van der Waals surface area contributed by atoms with Gasteiger partial charge >= 0.3 is 0 Å². The predicted molar refractivity (Wildman–Crippen MR) is 120 cm³/mol. The molecule has 0 amide bonds. The number of hydrogen-bond donors (Lipinski definition) is 2. The van der Waals surface area contributed by atoms with Crippen molar-refractivity contribution in [2.24, 2.45) is 21.2 Å². The van der Waals surface area contributed by atoms with E-state index in [4.69, 9.17) is 14.9 Å². The molecule has 2 aromatic carbocycles. The Balaban J connectivity index is 1.65. The maximum atomic E-state index is 6.12. The fourth-order valence-electron chi connectivity index (χ4n) is 2.66. The van der Waals surface area contributed by atoms with Gasteiger partial charge in [0.05, 0.1) is 25.6 Å². The summed E-state index contributed by atoms with van der Waals surface area (Å²) in [6.07, 6.45) is 1.59. The lowest BCUT2D eigenvalue weighted by Gasteiger charge is -2.11. The van der Waals surface area contributed by atoms with E-state index in [2.05, 4.69) is 33.9 Å². The quantitative estimate of drug-likeness (QED) is 0.224. The number of nitrogens with one attached hydrogen (secondary N) is 1. The largest absolute Gasteiger partial charge is 0.497 e. The van der Waals surface area contributed by atoms with E-state index in [9.17, 15) is 0 Å². The smallest absolute Gasteiger partial charge is 0.157 e. The Morgan fingerprint density at radius 3 is 2.53 bits per heavy atom. The van der Waals surface area contributed by atoms with Crippen molar-refractivity contribution >= 4 is 22.8 Å². The number of amidine groups is 1. The summed E-state index contributed by atoms with van der Waals surface area (Å²) in [6.45, 7) is 8.31. The summed E-state index contributed by atoms with van der Waals surface area (Å²) in [6, 6.07) is 18.6. The van der Waals surface area contributed by atoms with Crippen LogP contribution < -0.4 is 15.8 Å². The summed E-state index contributed by atoms with van der Waals surface area (Å²) >= 11 is 0. The molecular weight excluding hydrogens is 378 g/mol. The lowest BCUT2D eigenvalue weighted by Crippen LogP contribution is -2.15. The minimum absolute atomic E-state index is 0.226. The van der Waals surface area contributed by atoms with Crippen LogP contribution in [0, 0.1) is 0 Å². The van der Waals surface area contributed by atoms with E-state index in [0.29, 0.717) is 23.6 Å². The van der Waals surface area contributed by atoms with Crippen LogP contribution in [0.5, 0.6) is 5.75 Å². The number of benzene rings is 2. The SMILES string of the molecule is C=C(CN=NN=C(N)c1ccccc1NC(=C)c1ccco1)c1ccc(OC)cc1. The normalized spacial score (nSPS) is 11.4. The van der Waals surface area contributed by atoms with Gasteiger partial charge in [0.2, 0.25) is 0 Å². The van der Waals surface area contributed by atoms with Crippen molar-refractivity contribution < 1.29 is 9.15 Å². The molecule has 0 saturated carbocycles. The average molecular weight is 401 g/mol. The second-order valence-corrected chi connectivity index (χ2v) is 6.33. The minimum Gasteiger partial charge on any atom is -0.497 e. The van der Waals surface area contributed by atoms with Gasteiger partial charge < -0.3 is 20.2 Å². The number of nitrogens with zero attached hydrogens (tertiary/aromatic N) is 3. The van der Waals surface area contributed by atoms with Crippen molar-refractivity contribution in [2.75, 3.05) is 19.0 Å². The molecule has 3 rings (SSSR count). The first-order valence-corrected chi connectivity index (χ1v) is 9.20. The molecule has 152 valence electrons. The molecule has 0 aliphatic heterocycles. The molecule has 0 saturated heterocycles. The highest BCUT2D eigenvalue weighted by molar-refractivity contribution is 6.03. The van der Waals surface area contributed by atoms with Crippen LogP contribution >= 0.6 is 0 Å². The zero-order valence-corrected chi connectivity index (χ0v) is 16.7. The van der Waals surface area contributed by atoms with Crippen LogP contribution in [0.1, 0.15) is 16.9 Å². The predicted octanol–water partition coefficient (Wildman–Crippen LogP) is 5.16. The first-order valence-electron chi connectivity index (χ1n) is 9.20. The van der Waals surface area contributed by atoms with E-state index in [0.717, 1.165) is 22.6 Å². The van der Waals surface area contributed by atoms with Crippen LogP contribution in [0.2, 0.25) is 0 Å². The van der Waals surface area contributed by atoms with Gasteiger partial charge in [-0.2, -0.15) is 5.11 Å². The van der Waals surface area contributed by atoms with Gasteiger partial charge in [-0.05, 0) is 52.8 Å². The Bertz CT molecular complexity index is 1070. The number of nitrogens with two attached hydrogens (primary N) is 1. The van der Waals surface area contributed by atoms with Crippen LogP contribution in [-0.4, -0.2) is 19.5 Å². The summed E-state index contributed by atoms with van der Waals surface area (Å²) in [7, 11) is 1.63. The molecule has 30 heavy (non-hydrogen) atoms. The third-order valence-electron chi connectivity index (χ3n) is 4.28. The summed E-state index contributed by atoms with van der Waals surface area (Å²) in [5.41, 5.74) is 9.91. The number of methoxy groups -OCH3 is 1. The Morgan fingerprint density at radius 2 is 1.83 bits per heavy atom. The average Bonchev–Trinajstić information content (AvgIpc) is 3.32. The van der Waals surface area contributed by atoms with Gasteiger partial charge in [-0.25, -0.2) is 0 Å². The van der Waals surface area contributed by atoms with Crippen molar-refractivity contribution in [1.82, 2.24) is 0 Å². The minimum atomic E-state index is 0.226. The summed E-state index contributed by atoms with van der Waals surface area (Å²) in [4.78, 5) is 0. The molecule has 0 unspecified atom stereocenters. The number of hydrogen-bond acceptors (Lipinski definition) is 5. The Kier molecular flexibility index (Phi) is 6.78. The maximum Gasteiger partial charge on any atom is 0.157 e. The van der Waals surface area contributed by atoms with Crippen molar-refractivity contribution in [3.63, 3.8) is 0 Å². The number of furan rings is 1. The lowest BCUT2D eigenvalue weighted by molar-refractivity contribution is 0.415. The number of anilines is 1. The number of ether oxygens (including phenoxy) is 1. The van der Waals surface area contributed by atoms with Crippen LogP contribution in [0.4, 0.5) is 5.69 Å². The van der Waals surface area contributed by atoms with E-state index < -0.39 is 0 Å². The van der Waals surface area contributed by atoms with Gasteiger partial charge in [-0.15, -0.1) is 5.10 Å². The fraction of sp³-hybridized carbons (Fsp3) is 0.0870. The zero-order valence-electron chi connectivity index (χ0n) is 16.7. The molecule has 0 spiro atoms. The molecule has 0 aliphatic rings. The molecular formula is C23H23N5O2. The summed E-state index contributed by atoms with van der Waals surface area (Å²) in [5.74, 6) is 1.65. The van der Waals surface area contributed by atoms with Crippen molar-refractivity contribution in [3.05, 3.63) is 97.0 Å². The van der Waals surface area contributed by atoms with Crippen molar-refractivity contribution in [2.45, 2.75) is 0 Å². The highest BCUT2D eigenvalue weighted by Gasteiger charge is 2.09. The van der Waals surface area contributed by atoms with E-state index in [-0.39, 0.29) is 5.84 Å². The molecule has 1 aromatic heterocycles.